The molecule has 1 unspecified atom stereocenters. The molecule has 1 aromatic carbocycles. The van der Waals surface area contributed by atoms with Gasteiger partial charge >= 0.3 is 5.97 Å². The zero-order chi connectivity index (χ0) is 17.6. The lowest BCUT2D eigenvalue weighted by molar-refractivity contribution is -0.144. The van der Waals surface area contributed by atoms with Crippen molar-refractivity contribution in [3.63, 3.8) is 0 Å². The van der Waals surface area contributed by atoms with Crippen LogP contribution in [0.25, 0.3) is 0 Å². The average Bonchev–Trinajstić information content (AvgIpc) is 2.65. The standard InChI is InChI=1S/C19H28N2O3S/c1-2-24-17-6-4-3-5-16(17)18(19(22)23)21-9-7-15(8-10-21)20-11-13-25-14-12-20/h3-6,15,18H,2,7-14H2,1H3,(H,22,23). The molecule has 2 aliphatic heterocycles. The Hall–Kier alpha value is -1.24. The van der Waals surface area contributed by atoms with Crippen molar-refractivity contribution in [3.05, 3.63) is 29.8 Å². The van der Waals surface area contributed by atoms with E-state index < -0.39 is 12.0 Å². The van der Waals surface area contributed by atoms with Gasteiger partial charge in [0.2, 0.25) is 0 Å². The molecule has 2 aliphatic rings. The van der Waals surface area contributed by atoms with Gasteiger partial charge in [-0.15, -0.1) is 0 Å². The number of aliphatic carboxylic acids is 1. The molecule has 5 nitrogen and oxygen atoms in total. The third-order valence-corrected chi connectivity index (χ3v) is 6.12. The zero-order valence-corrected chi connectivity index (χ0v) is 15.7. The number of piperidine rings is 1. The van der Waals surface area contributed by atoms with Crippen molar-refractivity contribution in [3.8, 4) is 5.75 Å². The molecule has 1 N–H and O–H groups in total. The Kier molecular flexibility index (Phi) is 6.62. The first-order valence-corrected chi connectivity index (χ1v) is 10.4. The molecule has 25 heavy (non-hydrogen) atoms. The Morgan fingerprint density at radius 1 is 1.24 bits per heavy atom. The van der Waals surface area contributed by atoms with Crippen LogP contribution in [0.2, 0.25) is 0 Å². The molecule has 0 radical (unpaired) electrons. The highest BCUT2D eigenvalue weighted by molar-refractivity contribution is 7.99. The first kappa shape index (κ1) is 18.5. The first-order chi connectivity index (χ1) is 12.2. The molecule has 1 aromatic rings. The minimum atomic E-state index is -0.792. The van der Waals surface area contributed by atoms with Gasteiger partial charge in [-0.2, -0.15) is 11.8 Å². The first-order valence-electron chi connectivity index (χ1n) is 9.21. The van der Waals surface area contributed by atoms with E-state index in [1.165, 1.54) is 24.6 Å². The second-order valence-electron chi connectivity index (χ2n) is 6.63. The Bertz CT molecular complexity index is 570. The van der Waals surface area contributed by atoms with Gasteiger partial charge in [-0.1, -0.05) is 18.2 Å². The van der Waals surface area contributed by atoms with Gasteiger partial charge in [0.15, 0.2) is 0 Å². The van der Waals surface area contributed by atoms with Crippen molar-refractivity contribution in [1.82, 2.24) is 9.80 Å². The number of carboxylic acids is 1. The number of hydrogen-bond donors (Lipinski definition) is 1. The van der Waals surface area contributed by atoms with Crippen LogP contribution in [0, 0.1) is 0 Å². The maximum Gasteiger partial charge on any atom is 0.325 e. The quantitative estimate of drug-likeness (QED) is 0.838. The van der Waals surface area contributed by atoms with Crippen LogP contribution < -0.4 is 4.74 Å². The molecule has 0 saturated carbocycles. The van der Waals surface area contributed by atoms with Crippen LogP contribution in [0.4, 0.5) is 0 Å². The monoisotopic (exact) mass is 364 g/mol. The Labute approximate surface area is 154 Å². The molecule has 0 aromatic heterocycles. The van der Waals surface area contributed by atoms with Crippen molar-refractivity contribution in [2.45, 2.75) is 31.8 Å². The van der Waals surface area contributed by atoms with Crippen LogP contribution in [-0.4, -0.2) is 71.2 Å². The summed E-state index contributed by atoms with van der Waals surface area (Å²) in [6.07, 6.45) is 2.09. The third kappa shape index (κ3) is 4.49. The van der Waals surface area contributed by atoms with E-state index in [-0.39, 0.29) is 0 Å². The molecule has 2 heterocycles. The van der Waals surface area contributed by atoms with Crippen LogP contribution >= 0.6 is 11.8 Å². The fraction of sp³-hybridized carbons (Fsp3) is 0.632. The van der Waals surface area contributed by atoms with Crippen LogP contribution in [0.5, 0.6) is 5.75 Å². The molecule has 6 heteroatoms. The van der Waals surface area contributed by atoms with Crippen LogP contribution in [0.1, 0.15) is 31.4 Å². The molecule has 1 atom stereocenters. The van der Waals surface area contributed by atoms with Crippen LogP contribution in [0.3, 0.4) is 0 Å². The van der Waals surface area contributed by atoms with Gasteiger partial charge in [-0.3, -0.25) is 14.6 Å². The number of hydrogen-bond acceptors (Lipinski definition) is 5. The molecule has 2 fully saturated rings. The second-order valence-corrected chi connectivity index (χ2v) is 7.85. The van der Waals surface area contributed by atoms with Gasteiger partial charge in [-0.25, -0.2) is 0 Å². The third-order valence-electron chi connectivity index (χ3n) is 5.17. The SMILES string of the molecule is CCOc1ccccc1C(C(=O)O)N1CCC(N2CCSCC2)CC1. The van der Waals surface area contributed by atoms with Gasteiger partial charge in [0, 0.05) is 49.3 Å². The molecule has 3 rings (SSSR count). The van der Waals surface area contributed by atoms with E-state index in [9.17, 15) is 9.90 Å². The lowest BCUT2D eigenvalue weighted by Gasteiger charge is -2.41. The van der Waals surface area contributed by atoms with Gasteiger partial charge in [0.1, 0.15) is 11.8 Å². The second kappa shape index (κ2) is 8.92. The van der Waals surface area contributed by atoms with Gasteiger partial charge in [0.25, 0.3) is 0 Å². The van der Waals surface area contributed by atoms with Crippen LogP contribution in [-0.2, 0) is 4.79 Å². The summed E-state index contributed by atoms with van der Waals surface area (Å²) in [5.41, 5.74) is 0.768. The Morgan fingerprint density at radius 3 is 2.56 bits per heavy atom. The fourth-order valence-corrected chi connectivity index (χ4v) is 4.86. The van der Waals surface area contributed by atoms with E-state index >= 15 is 0 Å². The maximum absolute atomic E-state index is 12.0. The summed E-state index contributed by atoms with van der Waals surface area (Å²) in [5, 5.41) is 9.88. The average molecular weight is 365 g/mol. The number of likely N-dealkylation sites (tertiary alicyclic amines) is 1. The number of carboxylic acid groups (broad SMARTS) is 1. The van der Waals surface area contributed by atoms with Gasteiger partial charge < -0.3 is 9.84 Å². The zero-order valence-electron chi connectivity index (χ0n) is 14.9. The summed E-state index contributed by atoms with van der Waals surface area (Å²) in [4.78, 5) is 16.7. The number of nitrogens with zero attached hydrogens (tertiary/aromatic N) is 2. The van der Waals surface area contributed by atoms with Crippen LogP contribution in [0.15, 0.2) is 24.3 Å². The highest BCUT2D eigenvalue weighted by Gasteiger charge is 2.34. The highest BCUT2D eigenvalue weighted by Crippen LogP contribution is 2.32. The van der Waals surface area contributed by atoms with Crippen molar-refractivity contribution in [2.24, 2.45) is 0 Å². The van der Waals surface area contributed by atoms with E-state index in [1.54, 1.807) is 0 Å². The summed E-state index contributed by atoms with van der Waals surface area (Å²) in [5.74, 6) is 2.34. The predicted molar refractivity (Wildman–Crippen MR) is 101 cm³/mol. The number of benzene rings is 1. The summed E-state index contributed by atoms with van der Waals surface area (Å²) < 4.78 is 5.67. The van der Waals surface area contributed by atoms with Crippen molar-refractivity contribution in [1.29, 1.82) is 0 Å². The van der Waals surface area contributed by atoms with Crippen molar-refractivity contribution < 1.29 is 14.6 Å². The largest absolute Gasteiger partial charge is 0.494 e. The molecular formula is C19H28N2O3S. The smallest absolute Gasteiger partial charge is 0.325 e. The van der Waals surface area contributed by atoms with Crippen molar-refractivity contribution >= 4 is 17.7 Å². The lowest BCUT2D eigenvalue weighted by atomic mass is 9.97. The van der Waals surface area contributed by atoms with E-state index in [4.69, 9.17) is 4.74 Å². The molecule has 138 valence electrons. The normalized spacial score (nSPS) is 21.8. The minimum Gasteiger partial charge on any atom is -0.494 e. The number of ether oxygens (including phenoxy) is 1. The number of para-hydroxylation sites is 1. The summed E-state index contributed by atoms with van der Waals surface area (Å²) in [7, 11) is 0. The molecule has 0 spiro atoms. The minimum absolute atomic E-state index is 0.540. The van der Waals surface area contributed by atoms with Gasteiger partial charge in [-0.05, 0) is 25.8 Å². The van der Waals surface area contributed by atoms with E-state index in [0.29, 0.717) is 18.4 Å². The number of rotatable bonds is 6. The summed E-state index contributed by atoms with van der Waals surface area (Å²) in [6.45, 7) is 6.46. The Morgan fingerprint density at radius 2 is 1.92 bits per heavy atom. The lowest BCUT2D eigenvalue weighted by Crippen LogP contribution is -2.49. The van der Waals surface area contributed by atoms with E-state index in [1.807, 2.05) is 43.0 Å². The van der Waals surface area contributed by atoms with Crippen molar-refractivity contribution in [2.75, 3.05) is 44.3 Å². The fourth-order valence-electron chi connectivity index (χ4n) is 3.93. The highest BCUT2D eigenvalue weighted by atomic mass is 32.2. The molecule has 0 amide bonds. The van der Waals surface area contributed by atoms with E-state index in [0.717, 1.165) is 31.5 Å². The summed E-state index contributed by atoms with van der Waals surface area (Å²) >= 11 is 2.03. The van der Waals surface area contributed by atoms with E-state index in [2.05, 4.69) is 9.80 Å². The Balaban J connectivity index is 1.69. The number of carbonyl (C=O) groups is 1. The van der Waals surface area contributed by atoms with Gasteiger partial charge in [0.05, 0.1) is 6.61 Å². The molecule has 2 saturated heterocycles. The molecular weight excluding hydrogens is 336 g/mol. The predicted octanol–water partition coefficient (Wildman–Crippen LogP) is 2.72. The number of thioether (sulfide) groups is 1. The molecule has 0 bridgehead atoms. The summed E-state index contributed by atoms with van der Waals surface area (Å²) in [6, 6.07) is 7.53. The molecule has 0 aliphatic carbocycles. The topological polar surface area (TPSA) is 53.0 Å². The maximum atomic E-state index is 12.0.